The fourth-order valence-corrected chi connectivity index (χ4v) is 3.53. The van der Waals surface area contributed by atoms with Gasteiger partial charge in [-0.1, -0.05) is 30.4 Å². The van der Waals surface area contributed by atoms with Gasteiger partial charge >= 0.3 is 6.18 Å². The van der Waals surface area contributed by atoms with Crippen molar-refractivity contribution in [2.75, 3.05) is 13.1 Å². The molecule has 0 aromatic heterocycles. The Morgan fingerprint density at radius 3 is 2.62 bits per heavy atom. The van der Waals surface area contributed by atoms with E-state index in [1.54, 1.807) is 6.07 Å². The van der Waals surface area contributed by atoms with E-state index in [9.17, 15) is 21.6 Å². The molecule has 1 aromatic carbocycles. The molecule has 0 saturated carbocycles. The van der Waals surface area contributed by atoms with Crippen LogP contribution in [0, 0.1) is 11.3 Å². The van der Waals surface area contributed by atoms with Gasteiger partial charge < -0.3 is 0 Å². The third-order valence-electron chi connectivity index (χ3n) is 3.26. The van der Waals surface area contributed by atoms with Crippen molar-refractivity contribution in [1.82, 2.24) is 4.31 Å². The summed E-state index contributed by atoms with van der Waals surface area (Å²) in [6, 6.07) is 6.00. The van der Waals surface area contributed by atoms with Crippen LogP contribution in [-0.4, -0.2) is 25.8 Å². The van der Waals surface area contributed by atoms with Crippen LogP contribution >= 0.6 is 0 Å². The molecule has 0 aliphatic rings. The molecule has 0 N–H and O–H groups in total. The number of nitrogens with zero attached hydrogens (tertiary/aromatic N) is 2. The number of rotatable bonds is 8. The number of halogens is 3. The van der Waals surface area contributed by atoms with Gasteiger partial charge in [-0.3, -0.25) is 0 Å². The molecule has 24 heavy (non-hydrogen) atoms. The van der Waals surface area contributed by atoms with Gasteiger partial charge in [-0.05, 0) is 31.4 Å². The Labute approximate surface area is 140 Å². The first-order valence-corrected chi connectivity index (χ1v) is 8.93. The van der Waals surface area contributed by atoms with Crippen LogP contribution in [0.3, 0.4) is 0 Å². The number of benzene rings is 1. The first kappa shape index (κ1) is 20.2. The molecule has 0 amide bonds. The standard InChI is InChI=1S/C16H19F3N2O2S/c1-2-3-4-5-10-21(11-9-20)24(22,23)13-14-7-6-8-15(12-14)16(17,18)19/h2-3,6-8,12H,4-5,10-11,13H2,1H3/b3-2+. The number of allylic oxidation sites excluding steroid dienone is 2. The van der Waals surface area contributed by atoms with E-state index in [4.69, 9.17) is 5.26 Å². The van der Waals surface area contributed by atoms with Crippen molar-refractivity contribution in [3.8, 4) is 6.07 Å². The van der Waals surface area contributed by atoms with Crippen LogP contribution in [0.1, 0.15) is 30.9 Å². The fourth-order valence-electron chi connectivity index (χ4n) is 2.09. The Morgan fingerprint density at radius 1 is 1.33 bits per heavy atom. The summed E-state index contributed by atoms with van der Waals surface area (Å²) in [7, 11) is -3.87. The van der Waals surface area contributed by atoms with Gasteiger partial charge in [0.15, 0.2) is 0 Å². The third-order valence-corrected chi connectivity index (χ3v) is 5.05. The Morgan fingerprint density at radius 2 is 2.04 bits per heavy atom. The predicted molar refractivity (Wildman–Crippen MR) is 85.3 cm³/mol. The molecule has 0 fully saturated rings. The van der Waals surface area contributed by atoms with Crippen molar-refractivity contribution in [3.63, 3.8) is 0 Å². The van der Waals surface area contributed by atoms with Crippen LogP contribution in [0.4, 0.5) is 13.2 Å². The second-order valence-corrected chi connectivity index (χ2v) is 7.13. The summed E-state index contributed by atoms with van der Waals surface area (Å²) in [6.07, 6.45) is 0.389. The minimum absolute atomic E-state index is 0.0428. The Bertz CT molecular complexity index is 707. The average molecular weight is 360 g/mol. The smallest absolute Gasteiger partial charge is 0.212 e. The van der Waals surface area contributed by atoms with Gasteiger partial charge in [0.25, 0.3) is 0 Å². The molecule has 0 bridgehead atoms. The molecular formula is C16H19F3N2O2S. The normalized spacial score (nSPS) is 12.7. The highest BCUT2D eigenvalue weighted by atomic mass is 32.2. The largest absolute Gasteiger partial charge is 0.416 e. The van der Waals surface area contributed by atoms with Gasteiger partial charge in [-0.2, -0.15) is 22.7 Å². The van der Waals surface area contributed by atoms with Crippen LogP contribution in [0.2, 0.25) is 0 Å². The van der Waals surface area contributed by atoms with Gasteiger partial charge in [-0.25, -0.2) is 8.42 Å². The van der Waals surface area contributed by atoms with Crippen LogP contribution in [0.25, 0.3) is 0 Å². The zero-order valence-electron chi connectivity index (χ0n) is 13.3. The Balaban J connectivity index is 2.90. The zero-order chi connectivity index (χ0) is 18.2. The van der Waals surface area contributed by atoms with Crippen LogP contribution in [-0.2, 0) is 22.0 Å². The minimum atomic E-state index is -4.53. The van der Waals surface area contributed by atoms with Crippen molar-refractivity contribution >= 4 is 10.0 Å². The molecule has 0 unspecified atom stereocenters. The Hall–Kier alpha value is -1.85. The quantitative estimate of drug-likeness (QED) is 0.403. The van der Waals surface area contributed by atoms with Crippen molar-refractivity contribution in [2.45, 2.75) is 31.7 Å². The predicted octanol–water partition coefficient (Wildman–Crippen LogP) is 3.72. The van der Waals surface area contributed by atoms with Crippen molar-refractivity contribution < 1.29 is 21.6 Å². The summed E-state index contributed by atoms with van der Waals surface area (Å²) in [5.41, 5.74) is -0.851. The van der Waals surface area contributed by atoms with E-state index in [2.05, 4.69) is 0 Å². The lowest BCUT2D eigenvalue weighted by Gasteiger charge is -2.19. The molecular weight excluding hydrogens is 341 g/mol. The first-order valence-electron chi connectivity index (χ1n) is 7.32. The summed E-state index contributed by atoms with van der Waals surface area (Å²) in [4.78, 5) is 0. The molecule has 0 atom stereocenters. The monoisotopic (exact) mass is 360 g/mol. The molecule has 0 aliphatic heterocycles. The van der Waals surface area contributed by atoms with Crippen LogP contribution < -0.4 is 0 Å². The molecule has 0 spiro atoms. The maximum Gasteiger partial charge on any atom is 0.416 e. The first-order chi connectivity index (χ1) is 11.2. The van der Waals surface area contributed by atoms with Gasteiger partial charge in [0, 0.05) is 6.54 Å². The highest BCUT2D eigenvalue weighted by molar-refractivity contribution is 7.88. The number of hydrogen-bond acceptors (Lipinski definition) is 3. The van der Waals surface area contributed by atoms with Gasteiger partial charge in [0.1, 0.15) is 6.54 Å². The van der Waals surface area contributed by atoms with Crippen LogP contribution in [0.5, 0.6) is 0 Å². The lowest BCUT2D eigenvalue weighted by Crippen LogP contribution is -2.33. The molecule has 1 rings (SSSR count). The van der Waals surface area contributed by atoms with E-state index < -0.39 is 27.5 Å². The molecule has 0 heterocycles. The summed E-state index contributed by atoms with van der Waals surface area (Å²) in [6.45, 7) is 1.67. The summed E-state index contributed by atoms with van der Waals surface area (Å²) < 4.78 is 63.9. The van der Waals surface area contributed by atoms with Gasteiger partial charge in [0.2, 0.25) is 10.0 Å². The molecule has 8 heteroatoms. The van der Waals surface area contributed by atoms with E-state index in [1.807, 2.05) is 19.1 Å². The Kier molecular flexibility index (Phi) is 7.45. The highest BCUT2D eigenvalue weighted by Crippen LogP contribution is 2.30. The fraction of sp³-hybridized carbons (Fsp3) is 0.438. The van der Waals surface area contributed by atoms with Gasteiger partial charge in [0.05, 0.1) is 17.4 Å². The van der Waals surface area contributed by atoms with E-state index in [1.165, 1.54) is 12.1 Å². The lowest BCUT2D eigenvalue weighted by atomic mass is 10.1. The number of alkyl halides is 3. The van der Waals surface area contributed by atoms with Gasteiger partial charge in [-0.15, -0.1) is 0 Å². The van der Waals surface area contributed by atoms with Crippen molar-refractivity contribution in [2.24, 2.45) is 0 Å². The second-order valence-electron chi connectivity index (χ2n) is 5.16. The molecule has 4 nitrogen and oxygen atoms in total. The maximum absolute atomic E-state index is 12.7. The molecule has 0 aliphatic carbocycles. The van der Waals surface area contributed by atoms with E-state index in [-0.39, 0.29) is 18.7 Å². The zero-order valence-corrected chi connectivity index (χ0v) is 14.1. The third kappa shape index (κ3) is 6.34. The van der Waals surface area contributed by atoms with Crippen LogP contribution in [0.15, 0.2) is 36.4 Å². The molecule has 132 valence electrons. The number of sulfonamides is 1. The molecule has 1 aromatic rings. The summed E-state index contributed by atoms with van der Waals surface area (Å²) >= 11 is 0. The van der Waals surface area contributed by atoms with Crippen molar-refractivity contribution in [1.29, 1.82) is 5.26 Å². The minimum Gasteiger partial charge on any atom is -0.212 e. The average Bonchev–Trinajstić information content (AvgIpc) is 2.49. The SMILES string of the molecule is C/C=C/CCCN(CC#N)S(=O)(=O)Cc1cccc(C(F)(F)F)c1. The second kappa shape index (κ2) is 8.85. The molecule has 0 saturated heterocycles. The highest BCUT2D eigenvalue weighted by Gasteiger charge is 2.31. The van der Waals surface area contributed by atoms with E-state index >= 15 is 0 Å². The number of nitriles is 1. The van der Waals surface area contributed by atoms with E-state index in [0.717, 1.165) is 16.4 Å². The topological polar surface area (TPSA) is 61.2 Å². The summed E-state index contributed by atoms with van der Waals surface area (Å²) in [5.74, 6) is -0.567. The number of unbranched alkanes of at least 4 members (excludes halogenated alkanes) is 1. The molecule has 0 radical (unpaired) electrons. The van der Waals surface area contributed by atoms with E-state index in [0.29, 0.717) is 12.8 Å². The summed E-state index contributed by atoms with van der Waals surface area (Å²) in [5, 5.41) is 8.80. The lowest BCUT2D eigenvalue weighted by molar-refractivity contribution is -0.137. The number of hydrogen-bond donors (Lipinski definition) is 0. The maximum atomic E-state index is 12.7. The van der Waals surface area contributed by atoms with Crippen molar-refractivity contribution in [3.05, 3.63) is 47.5 Å².